The van der Waals surface area contributed by atoms with Crippen LogP contribution < -0.4 is 25.4 Å². The molecule has 0 aliphatic carbocycles. The second kappa shape index (κ2) is 13.1. The molecule has 10 nitrogen and oxygen atoms in total. The van der Waals surface area contributed by atoms with Gasteiger partial charge in [0.05, 0.1) is 43.5 Å². The number of halogens is 1. The molecule has 0 bridgehead atoms. The van der Waals surface area contributed by atoms with Crippen LogP contribution >= 0.6 is 11.6 Å². The molecule has 1 fully saturated rings. The lowest BCUT2D eigenvalue weighted by molar-refractivity contribution is 0.0322. The number of ether oxygens (including phenoxy) is 3. The number of aromatic nitrogens is 2. The van der Waals surface area contributed by atoms with E-state index < -0.39 is 0 Å². The highest BCUT2D eigenvalue weighted by molar-refractivity contribution is 6.33. The fourth-order valence-electron chi connectivity index (χ4n) is 3.80. The van der Waals surface area contributed by atoms with Gasteiger partial charge in [0.2, 0.25) is 5.95 Å². The first-order chi connectivity index (χ1) is 18.1. The van der Waals surface area contributed by atoms with Gasteiger partial charge in [0, 0.05) is 32.2 Å². The van der Waals surface area contributed by atoms with E-state index in [1.54, 1.807) is 25.3 Å². The van der Waals surface area contributed by atoms with Crippen molar-refractivity contribution < 1.29 is 19.0 Å². The molecule has 2 aromatic carbocycles. The number of nitrogens with zero attached hydrogens (tertiary/aromatic N) is 3. The standard InChI is InChI=1S/C26H31ClN6O4/c1-3-28-25(34)19-6-4-5-7-21(19)30-24-20(27)17-29-26(32-24)31-22-16-18(8-9-23(22)35-2)37-15-12-33-10-13-36-14-11-33/h4-9,16-17H,3,10-15H2,1-2H3,(H,28,34)(H2,29,30,31,32). The van der Waals surface area contributed by atoms with Crippen LogP contribution in [0.15, 0.2) is 48.7 Å². The number of anilines is 4. The predicted molar refractivity (Wildman–Crippen MR) is 144 cm³/mol. The molecular weight excluding hydrogens is 496 g/mol. The van der Waals surface area contributed by atoms with E-state index in [-0.39, 0.29) is 5.91 Å². The van der Waals surface area contributed by atoms with Gasteiger partial charge in [-0.15, -0.1) is 0 Å². The van der Waals surface area contributed by atoms with E-state index in [1.165, 1.54) is 6.20 Å². The minimum atomic E-state index is -0.190. The normalized spacial score (nSPS) is 13.6. The SMILES string of the molecule is CCNC(=O)c1ccccc1Nc1nc(Nc2cc(OCCN3CCOCC3)ccc2OC)ncc1Cl. The highest BCUT2D eigenvalue weighted by Crippen LogP contribution is 2.32. The molecule has 196 valence electrons. The van der Waals surface area contributed by atoms with Crippen molar-refractivity contribution in [2.24, 2.45) is 0 Å². The van der Waals surface area contributed by atoms with E-state index in [4.69, 9.17) is 25.8 Å². The number of carbonyl (C=O) groups is 1. The van der Waals surface area contributed by atoms with Crippen molar-refractivity contribution in [3.8, 4) is 11.5 Å². The van der Waals surface area contributed by atoms with Crippen LogP contribution in [0, 0.1) is 0 Å². The molecule has 0 unspecified atom stereocenters. The van der Waals surface area contributed by atoms with Gasteiger partial charge in [0.1, 0.15) is 23.1 Å². The monoisotopic (exact) mass is 526 g/mol. The molecule has 0 saturated carbocycles. The Hall–Kier alpha value is -3.60. The zero-order valence-corrected chi connectivity index (χ0v) is 21.7. The lowest BCUT2D eigenvalue weighted by Crippen LogP contribution is -2.38. The zero-order chi connectivity index (χ0) is 26.0. The van der Waals surface area contributed by atoms with Crippen LogP contribution in [-0.2, 0) is 4.74 Å². The summed E-state index contributed by atoms with van der Waals surface area (Å²) in [5.41, 5.74) is 1.70. The lowest BCUT2D eigenvalue weighted by Gasteiger charge is -2.26. The number of para-hydroxylation sites is 1. The number of hydrogen-bond acceptors (Lipinski definition) is 9. The Bertz CT molecular complexity index is 1210. The molecule has 3 N–H and O–H groups in total. The number of methoxy groups -OCH3 is 1. The maximum Gasteiger partial charge on any atom is 0.253 e. The smallest absolute Gasteiger partial charge is 0.253 e. The van der Waals surface area contributed by atoms with E-state index in [0.29, 0.717) is 58.4 Å². The van der Waals surface area contributed by atoms with Crippen molar-refractivity contribution in [3.05, 3.63) is 59.2 Å². The van der Waals surface area contributed by atoms with Crippen LogP contribution in [0.3, 0.4) is 0 Å². The molecule has 1 aromatic heterocycles. The summed E-state index contributed by atoms with van der Waals surface area (Å²) in [5, 5.41) is 9.45. The van der Waals surface area contributed by atoms with Gasteiger partial charge < -0.3 is 30.2 Å². The van der Waals surface area contributed by atoms with Crippen molar-refractivity contribution in [1.82, 2.24) is 20.2 Å². The van der Waals surface area contributed by atoms with Crippen molar-refractivity contribution >= 4 is 40.6 Å². The molecule has 0 atom stereocenters. The highest BCUT2D eigenvalue weighted by Gasteiger charge is 2.15. The minimum Gasteiger partial charge on any atom is -0.495 e. The molecule has 4 rings (SSSR count). The molecular formula is C26H31ClN6O4. The van der Waals surface area contributed by atoms with Crippen molar-refractivity contribution in [2.45, 2.75) is 6.92 Å². The van der Waals surface area contributed by atoms with E-state index in [9.17, 15) is 4.79 Å². The van der Waals surface area contributed by atoms with Gasteiger partial charge in [0.15, 0.2) is 5.82 Å². The van der Waals surface area contributed by atoms with Gasteiger partial charge in [0.25, 0.3) is 5.91 Å². The van der Waals surface area contributed by atoms with Crippen molar-refractivity contribution in [2.75, 3.05) is 63.7 Å². The summed E-state index contributed by atoms with van der Waals surface area (Å²) >= 11 is 6.37. The third-order valence-corrected chi connectivity index (χ3v) is 5.98. The molecule has 11 heteroatoms. The van der Waals surface area contributed by atoms with E-state index >= 15 is 0 Å². The van der Waals surface area contributed by atoms with Gasteiger partial charge in [-0.25, -0.2) is 4.98 Å². The molecule has 1 saturated heterocycles. The van der Waals surface area contributed by atoms with Crippen LogP contribution in [0.1, 0.15) is 17.3 Å². The highest BCUT2D eigenvalue weighted by atomic mass is 35.5. The topological polar surface area (TPSA) is 110 Å². The molecule has 1 amide bonds. The van der Waals surface area contributed by atoms with Crippen LogP contribution in [-0.4, -0.2) is 73.9 Å². The third-order valence-electron chi connectivity index (χ3n) is 5.70. The largest absolute Gasteiger partial charge is 0.495 e. The molecule has 0 radical (unpaired) electrons. The summed E-state index contributed by atoms with van der Waals surface area (Å²) in [5.74, 6) is 1.76. The van der Waals surface area contributed by atoms with E-state index in [0.717, 1.165) is 32.8 Å². The van der Waals surface area contributed by atoms with Gasteiger partial charge in [-0.1, -0.05) is 23.7 Å². The third kappa shape index (κ3) is 7.22. The summed E-state index contributed by atoms with van der Waals surface area (Å²) in [4.78, 5) is 23.6. The van der Waals surface area contributed by atoms with E-state index in [1.807, 2.05) is 31.2 Å². The quantitative estimate of drug-likeness (QED) is 0.340. The second-order valence-corrected chi connectivity index (χ2v) is 8.62. The fraction of sp³-hybridized carbons (Fsp3) is 0.346. The van der Waals surface area contributed by atoms with Gasteiger partial charge in [-0.3, -0.25) is 9.69 Å². The van der Waals surface area contributed by atoms with E-state index in [2.05, 4.69) is 30.8 Å². The Morgan fingerprint density at radius 1 is 1.14 bits per heavy atom. The number of morpholine rings is 1. The Balaban J connectivity index is 1.48. The van der Waals surface area contributed by atoms with Gasteiger partial charge in [-0.05, 0) is 31.2 Å². The van der Waals surface area contributed by atoms with Crippen LogP contribution in [0.5, 0.6) is 11.5 Å². The molecule has 1 aliphatic rings. The summed E-state index contributed by atoms with van der Waals surface area (Å²) in [6, 6.07) is 12.7. The van der Waals surface area contributed by atoms with Gasteiger partial charge >= 0.3 is 0 Å². The molecule has 2 heterocycles. The van der Waals surface area contributed by atoms with Gasteiger partial charge in [-0.2, -0.15) is 4.98 Å². The number of hydrogen-bond donors (Lipinski definition) is 3. The number of benzene rings is 2. The Kier molecular flexibility index (Phi) is 9.36. The summed E-state index contributed by atoms with van der Waals surface area (Å²) < 4.78 is 16.9. The average Bonchev–Trinajstić information content (AvgIpc) is 2.92. The Morgan fingerprint density at radius 3 is 2.73 bits per heavy atom. The number of rotatable bonds is 11. The fourth-order valence-corrected chi connectivity index (χ4v) is 3.94. The first-order valence-electron chi connectivity index (χ1n) is 12.1. The van der Waals surface area contributed by atoms with Crippen LogP contribution in [0.2, 0.25) is 5.02 Å². The molecule has 0 spiro atoms. The summed E-state index contributed by atoms with van der Waals surface area (Å²) in [7, 11) is 1.59. The Labute approximate surface area is 221 Å². The zero-order valence-electron chi connectivity index (χ0n) is 20.9. The molecule has 37 heavy (non-hydrogen) atoms. The van der Waals surface area contributed by atoms with Crippen LogP contribution in [0.25, 0.3) is 0 Å². The number of nitrogens with one attached hydrogen (secondary N) is 3. The number of carbonyl (C=O) groups excluding carboxylic acids is 1. The minimum absolute atomic E-state index is 0.190. The first-order valence-corrected chi connectivity index (χ1v) is 12.5. The second-order valence-electron chi connectivity index (χ2n) is 8.21. The van der Waals surface area contributed by atoms with Crippen molar-refractivity contribution in [1.29, 1.82) is 0 Å². The first kappa shape index (κ1) is 26.5. The number of amides is 1. The molecule has 3 aromatic rings. The predicted octanol–water partition coefficient (Wildman–Crippen LogP) is 4.09. The lowest BCUT2D eigenvalue weighted by atomic mass is 10.1. The average molecular weight is 527 g/mol. The Morgan fingerprint density at radius 2 is 1.95 bits per heavy atom. The van der Waals surface area contributed by atoms with Crippen molar-refractivity contribution in [3.63, 3.8) is 0 Å². The maximum atomic E-state index is 12.5. The molecule has 1 aliphatic heterocycles. The van der Waals surface area contributed by atoms with Crippen LogP contribution in [0.4, 0.5) is 23.1 Å². The maximum absolute atomic E-state index is 12.5. The summed E-state index contributed by atoms with van der Waals surface area (Å²) in [6.07, 6.45) is 1.49. The summed E-state index contributed by atoms with van der Waals surface area (Å²) in [6.45, 7) is 7.11.